The van der Waals surface area contributed by atoms with Gasteiger partial charge in [-0.05, 0) is 30.3 Å². The zero-order chi connectivity index (χ0) is 19.5. The smallest absolute Gasteiger partial charge is 0.406 e. The number of amides is 3. The first-order chi connectivity index (χ1) is 12.0. The maximum Gasteiger partial charge on any atom is 0.573 e. The third-order valence-corrected chi connectivity index (χ3v) is 3.08. The molecule has 0 saturated heterocycles. The van der Waals surface area contributed by atoms with Crippen LogP contribution in [0.5, 0.6) is 5.75 Å². The molecule has 3 amide bonds. The van der Waals surface area contributed by atoms with Crippen molar-refractivity contribution >= 4 is 34.9 Å². The summed E-state index contributed by atoms with van der Waals surface area (Å²) in [7, 11) is 0. The van der Waals surface area contributed by atoms with Crippen molar-refractivity contribution in [2.24, 2.45) is 5.73 Å². The molecule has 4 N–H and O–H groups in total. The lowest BCUT2D eigenvalue weighted by Gasteiger charge is -2.13. The average molecular weight is 392 g/mol. The zero-order valence-electron chi connectivity index (χ0n) is 12.7. The van der Waals surface area contributed by atoms with Crippen LogP contribution in [0.4, 0.5) is 33.7 Å². The summed E-state index contributed by atoms with van der Waals surface area (Å²) >= 11 is 5.68. The summed E-state index contributed by atoms with van der Waals surface area (Å²) in [5.41, 5.74) is 4.61. The summed E-state index contributed by atoms with van der Waals surface area (Å²) in [5.74, 6) is -2.30. The number of rotatable bonds is 4. The number of nitrogens with one attached hydrogen (secondary N) is 2. The Labute approximate surface area is 148 Å². The van der Waals surface area contributed by atoms with E-state index in [9.17, 15) is 27.2 Å². The van der Waals surface area contributed by atoms with Gasteiger partial charge in [-0.1, -0.05) is 11.6 Å². The third kappa shape index (κ3) is 5.52. The maximum absolute atomic E-state index is 13.3. The molecule has 0 fully saturated rings. The SMILES string of the molecule is NC(=O)c1ccc(F)cc1NC(=O)Nc1cc(Cl)cc(OC(F)(F)F)c1. The van der Waals surface area contributed by atoms with Crippen molar-refractivity contribution in [1.82, 2.24) is 0 Å². The van der Waals surface area contributed by atoms with Crippen molar-refractivity contribution in [1.29, 1.82) is 0 Å². The van der Waals surface area contributed by atoms with E-state index < -0.39 is 29.9 Å². The third-order valence-electron chi connectivity index (χ3n) is 2.86. The highest BCUT2D eigenvalue weighted by atomic mass is 35.5. The molecular formula is C15H10ClF4N3O3. The molecule has 11 heteroatoms. The monoisotopic (exact) mass is 391 g/mol. The molecule has 0 aliphatic heterocycles. The van der Waals surface area contributed by atoms with Crippen molar-refractivity contribution in [2.45, 2.75) is 6.36 Å². The number of primary amides is 1. The van der Waals surface area contributed by atoms with Crippen LogP contribution in [0, 0.1) is 5.82 Å². The Morgan fingerprint density at radius 2 is 1.77 bits per heavy atom. The molecule has 0 aromatic heterocycles. The van der Waals surface area contributed by atoms with Gasteiger partial charge in [0, 0.05) is 16.8 Å². The summed E-state index contributed by atoms with van der Waals surface area (Å²) in [4.78, 5) is 23.3. The average Bonchev–Trinajstić information content (AvgIpc) is 2.43. The highest BCUT2D eigenvalue weighted by Gasteiger charge is 2.31. The van der Waals surface area contributed by atoms with Crippen LogP contribution in [0.1, 0.15) is 10.4 Å². The first-order valence-corrected chi connectivity index (χ1v) is 7.15. The van der Waals surface area contributed by atoms with Crippen molar-refractivity contribution in [3.63, 3.8) is 0 Å². The zero-order valence-corrected chi connectivity index (χ0v) is 13.4. The molecule has 2 rings (SSSR count). The molecule has 0 atom stereocenters. The summed E-state index contributed by atoms with van der Waals surface area (Å²) in [6.45, 7) is 0. The molecule has 0 spiro atoms. The van der Waals surface area contributed by atoms with Gasteiger partial charge in [0.1, 0.15) is 11.6 Å². The number of nitrogens with two attached hydrogens (primary N) is 1. The number of halogens is 5. The van der Waals surface area contributed by atoms with E-state index in [4.69, 9.17) is 17.3 Å². The van der Waals surface area contributed by atoms with Gasteiger partial charge < -0.3 is 21.1 Å². The van der Waals surface area contributed by atoms with Gasteiger partial charge in [-0.15, -0.1) is 13.2 Å². The fourth-order valence-corrected chi connectivity index (χ4v) is 2.17. The molecule has 6 nitrogen and oxygen atoms in total. The molecular weight excluding hydrogens is 382 g/mol. The van der Waals surface area contributed by atoms with E-state index >= 15 is 0 Å². The van der Waals surface area contributed by atoms with Crippen LogP contribution in [0.15, 0.2) is 36.4 Å². The fraction of sp³-hybridized carbons (Fsp3) is 0.0667. The fourth-order valence-electron chi connectivity index (χ4n) is 1.95. The van der Waals surface area contributed by atoms with E-state index in [1.165, 1.54) is 0 Å². The van der Waals surface area contributed by atoms with E-state index in [-0.39, 0.29) is 22.0 Å². The Hall–Kier alpha value is -3.01. The van der Waals surface area contributed by atoms with E-state index in [1.807, 2.05) is 0 Å². The van der Waals surface area contributed by atoms with Crippen LogP contribution >= 0.6 is 11.6 Å². The number of hydrogen-bond donors (Lipinski definition) is 3. The molecule has 0 saturated carbocycles. The molecule has 2 aromatic carbocycles. The van der Waals surface area contributed by atoms with Crippen LogP contribution < -0.4 is 21.1 Å². The van der Waals surface area contributed by atoms with Crippen LogP contribution in [0.3, 0.4) is 0 Å². The molecule has 0 bridgehead atoms. The first-order valence-electron chi connectivity index (χ1n) is 6.77. The highest BCUT2D eigenvalue weighted by molar-refractivity contribution is 6.31. The van der Waals surface area contributed by atoms with E-state index in [0.717, 1.165) is 36.4 Å². The second kappa shape index (κ2) is 7.48. The Bertz CT molecular complexity index is 859. The predicted octanol–water partition coefficient (Wildman–Crippen LogP) is 4.12. The van der Waals surface area contributed by atoms with Crippen molar-refractivity contribution in [3.05, 3.63) is 52.8 Å². The van der Waals surface area contributed by atoms with Gasteiger partial charge in [0.2, 0.25) is 0 Å². The molecule has 2 aromatic rings. The Morgan fingerprint density at radius 3 is 2.38 bits per heavy atom. The summed E-state index contributed by atoms with van der Waals surface area (Å²) < 4.78 is 53.8. The van der Waals surface area contributed by atoms with E-state index in [1.54, 1.807) is 0 Å². The van der Waals surface area contributed by atoms with Crippen LogP contribution in [-0.2, 0) is 0 Å². The Balaban J connectivity index is 2.18. The molecule has 0 aliphatic rings. The van der Waals surface area contributed by atoms with Crippen LogP contribution in [0.2, 0.25) is 5.02 Å². The van der Waals surface area contributed by atoms with E-state index in [2.05, 4.69) is 15.4 Å². The van der Waals surface area contributed by atoms with Gasteiger partial charge in [0.25, 0.3) is 5.91 Å². The van der Waals surface area contributed by atoms with Crippen LogP contribution in [-0.4, -0.2) is 18.3 Å². The number of carbonyl (C=O) groups excluding carboxylic acids is 2. The largest absolute Gasteiger partial charge is 0.573 e. The second-order valence-electron chi connectivity index (χ2n) is 4.86. The molecule has 0 heterocycles. The lowest BCUT2D eigenvalue weighted by molar-refractivity contribution is -0.274. The lowest BCUT2D eigenvalue weighted by Crippen LogP contribution is -2.23. The summed E-state index contributed by atoms with van der Waals surface area (Å²) in [6.07, 6.45) is -4.94. The molecule has 0 radical (unpaired) electrons. The highest BCUT2D eigenvalue weighted by Crippen LogP contribution is 2.29. The number of alkyl halides is 3. The number of ether oxygens (including phenoxy) is 1. The van der Waals surface area contributed by atoms with Gasteiger partial charge in [-0.3, -0.25) is 4.79 Å². The molecule has 0 unspecified atom stereocenters. The number of carbonyl (C=O) groups is 2. The quantitative estimate of drug-likeness (QED) is 0.684. The number of anilines is 2. The minimum absolute atomic E-state index is 0.133. The molecule has 0 aliphatic carbocycles. The standard InChI is InChI=1S/C15H10ClF4N3O3/c16-7-3-9(6-10(4-7)26-15(18,19)20)22-14(25)23-12-5-8(17)1-2-11(12)13(21)24/h1-6H,(H2,21,24)(H2,22,23,25). The normalized spacial score (nSPS) is 11.0. The Kier molecular flexibility index (Phi) is 5.56. The summed E-state index contributed by atoms with van der Waals surface area (Å²) in [6, 6.07) is 4.86. The minimum Gasteiger partial charge on any atom is -0.406 e. The maximum atomic E-state index is 13.3. The molecule has 26 heavy (non-hydrogen) atoms. The topological polar surface area (TPSA) is 93.5 Å². The summed E-state index contributed by atoms with van der Waals surface area (Å²) in [5, 5.41) is 4.22. The van der Waals surface area contributed by atoms with Crippen molar-refractivity contribution < 1.29 is 31.9 Å². The number of urea groups is 1. The van der Waals surface area contributed by atoms with Crippen molar-refractivity contribution in [2.75, 3.05) is 10.6 Å². The Morgan fingerprint density at radius 1 is 1.08 bits per heavy atom. The number of benzene rings is 2. The lowest BCUT2D eigenvalue weighted by atomic mass is 10.1. The van der Waals surface area contributed by atoms with Gasteiger partial charge in [0.15, 0.2) is 0 Å². The van der Waals surface area contributed by atoms with E-state index in [0.29, 0.717) is 0 Å². The molecule has 138 valence electrons. The number of hydrogen-bond acceptors (Lipinski definition) is 3. The second-order valence-corrected chi connectivity index (χ2v) is 5.29. The predicted molar refractivity (Wildman–Crippen MR) is 85.7 cm³/mol. The van der Waals surface area contributed by atoms with Gasteiger partial charge in [0.05, 0.1) is 11.3 Å². The van der Waals surface area contributed by atoms with Gasteiger partial charge in [-0.2, -0.15) is 0 Å². The van der Waals surface area contributed by atoms with Crippen molar-refractivity contribution in [3.8, 4) is 5.75 Å². The van der Waals surface area contributed by atoms with Gasteiger partial charge in [-0.25, -0.2) is 9.18 Å². The first kappa shape index (κ1) is 19.3. The van der Waals surface area contributed by atoms with Crippen LogP contribution in [0.25, 0.3) is 0 Å². The van der Waals surface area contributed by atoms with Gasteiger partial charge >= 0.3 is 12.4 Å². The minimum atomic E-state index is -4.94.